The number of aromatic nitrogens is 1. The molecule has 0 spiro atoms. The predicted octanol–water partition coefficient (Wildman–Crippen LogP) is 2.08. The summed E-state index contributed by atoms with van der Waals surface area (Å²) in [7, 11) is -3.67. The van der Waals surface area contributed by atoms with Crippen LogP contribution in [0.3, 0.4) is 0 Å². The van der Waals surface area contributed by atoms with Gasteiger partial charge in [-0.05, 0) is 49.7 Å². The van der Waals surface area contributed by atoms with Gasteiger partial charge < -0.3 is 5.73 Å². The highest BCUT2D eigenvalue weighted by molar-refractivity contribution is 7.92. The predicted molar refractivity (Wildman–Crippen MR) is 75.4 cm³/mol. The molecule has 0 aliphatic heterocycles. The molecule has 1 aromatic carbocycles. The smallest absolute Gasteiger partial charge is 0.263 e. The van der Waals surface area contributed by atoms with Crippen LogP contribution < -0.4 is 10.5 Å². The quantitative estimate of drug-likeness (QED) is 0.841. The van der Waals surface area contributed by atoms with Crippen LogP contribution in [-0.4, -0.2) is 13.4 Å². The molecule has 6 heteroatoms. The highest BCUT2D eigenvalue weighted by Gasteiger charge is 2.15. The van der Waals surface area contributed by atoms with Crippen LogP contribution in [0, 0.1) is 13.8 Å². The fraction of sp³-hybridized carbons (Fsp3) is 0.154. The molecule has 0 saturated heterocycles. The average molecular weight is 277 g/mol. The van der Waals surface area contributed by atoms with Gasteiger partial charge in [-0.25, -0.2) is 13.4 Å². The number of nitrogens with zero attached hydrogens (tertiary/aromatic N) is 1. The van der Waals surface area contributed by atoms with E-state index in [9.17, 15) is 8.42 Å². The summed E-state index contributed by atoms with van der Waals surface area (Å²) in [5, 5.41) is 0. The van der Waals surface area contributed by atoms with Gasteiger partial charge in [0.25, 0.3) is 10.0 Å². The molecular formula is C13H15N3O2S. The number of nitrogen functional groups attached to an aromatic ring is 1. The number of hydrogen-bond donors (Lipinski definition) is 2. The van der Waals surface area contributed by atoms with E-state index in [1.165, 1.54) is 6.07 Å². The number of anilines is 2. The van der Waals surface area contributed by atoms with Crippen molar-refractivity contribution in [3.8, 4) is 0 Å². The minimum Gasteiger partial charge on any atom is -0.399 e. The lowest BCUT2D eigenvalue weighted by Crippen LogP contribution is -2.14. The number of benzene rings is 1. The van der Waals surface area contributed by atoms with E-state index in [-0.39, 0.29) is 4.90 Å². The molecule has 3 N–H and O–H groups in total. The first-order chi connectivity index (χ1) is 8.87. The van der Waals surface area contributed by atoms with Crippen LogP contribution in [0.1, 0.15) is 11.3 Å². The number of sulfonamides is 1. The van der Waals surface area contributed by atoms with Crippen molar-refractivity contribution >= 4 is 21.5 Å². The SMILES string of the molecule is Cc1cc(N)cc(S(=O)(=O)Nc2cccc(C)n2)c1. The van der Waals surface area contributed by atoms with Crippen molar-refractivity contribution in [1.29, 1.82) is 0 Å². The largest absolute Gasteiger partial charge is 0.399 e. The van der Waals surface area contributed by atoms with Crippen LogP contribution in [-0.2, 0) is 10.0 Å². The highest BCUT2D eigenvalue weighted by atomic mass is 32.2. The zero-order valence-electron chi connectivity index (χ0n) is 10.7. The van der Waals surface area contributed by atoms with Gasteiger partial charge in [0.1, 0.15) is 5.82 Å². The number of nitrogens with one attached hydrogen (secondary N) is 1. The van der Waals surface area contributed by atoms with Gasteiger partial charge in [0, 0.05) is 11.4 Å². The Labute approximate surface area is 112 Å². The lowest BCUT2D eigenvalue weighted by atomic mass is 10.2. The normalized spacial score (nSPS) is 11.3. The Morgan fingerprint density at radius 3 is 2.53 bits per heavy atom. The molecule has 5 nitrogen and oxygen atoms in total. The van der Waals surface area contributed by atoms with Gasteiger partial charge in [0.05, 0.1) is 4.90 Å². The summed E-state index contributed by atoms with van der Waals surface area (Å²) in [4.78, 5) is 4.24. The minimum atomic E-state index is -3.67. The summed E-state index contributed by atoms with van der Waals surface area (Å²) in [6, 6.07) is 9.83. The van der Waals surface area contributed by atoms with Crippen molar-refractivity contribution < 1.29 is 8.42 Å². The van der Waals surface area contributed by atoms with Gasteiger partial charge in [-0.1, -0.05) is 6.07 Å². The maximum atomic E-state index is 12.2. The molecular weight excluding hydrogens is 262 g/mol. The van der Waals surface area contributed by atoms with E-state index >= 15 is 0 Å². The first kappa shape index (κ1) is 13.4. The number of nitrogens with two attached hydrogens (primary N) is 1. The van der Waals surface area contributed by atoms with Crippen molar-refractivity contribution in [1.82, 2.24) is 4.98 Å². The lowest BCUT2D eigenvalue weighted by Gasteiger charge is -2.09. The first-order valence-corrected chi connectivity index (χ1v) is 7.19. The maximum Gasteiger partial charge on any atom is 0.263 e. The fourth-order valence-electron chi connectivity index (χ4n) is 1.73. The number of pyridine rings is 1. The Hall–Kier alpha value is -2.08. The highest BCUT2D eigenvalue weighted by Crippen LogP contribution is 2.19. The third-order valence-corrected chi connectivity index (χ3v) is 3.84. The van der Waals surface area contributed by atoms with Crippen LogP contribution in [0.2, 0.25) is 0 Å². The van der Waals surface area contributed by atoms with Crippen LogP contribution >= 0.6 is 0 Å². The number of aryl methyl sites for hydroxylation is 2. The molecule has 0 atom stereocenters. The van der Waals surface area contributed by atoms with E-state index < -0.39 is 10.0 Å². The van der Waals surface area contributed by atoms with Gasteiger partial charge in [0.2, 0.25) is 0 Å². The Morgan fingerprint density at radius 1 is 1.16 bits per heavy atom. The zero-order valence-corrected chi connectivity index (χ0v) is 11.5. The second-order valence-corrected chi connectivity index (χ2v) is 6.03. The van der Waals surface area contributed by atoms with Gasteiger partial charge in [-0.15, -0.1) is 0 Å². The van der Waals surface area contributed by atoms with Crippen LogP contribution in [0.25, 0.3) is 0 Å². The van der Waals surface area contributed by atoms with Gasteiger partial charge in [-0.2, -0.15) is 0 Å². The number of hydrogen-bond acceptors (Lipinski definition) is 4. The van der Waals surface area contributed by atoms with Gasteiger partial charge in [-0.3, -0.25) is 4.72 Å². The lowest BCUT2D eigenvalue weighted by molar-refractivity contribution is 0.601. The molecule has 0 unspecified atom stereocenters. The van der Waals surface area contributed by atoms with E-state index in [4.69, 9.17) is 5.73 Å². The van der Waals surface area contributed by atoms with Gasteiger partial charge in [0.15, 0.2) is 0 Å². The standard InChI is InChI=1S/C13H15N3O2S/c1-9-6-11(14)8-12(7-9)19(17,18)16-13-5-3-4-10(2)15-13/h3-8H,14H2,1-2H3,(H,15,16). The van der Waals surface area contributed by atoms with E-state index in [1.54, 1.807) is 44.2 Å². The first-order valence-electron chi connectivity index (χ1n) is 5.70. The molecule has 0 bridgehead atoms. The average Bonchev–Trinajstić information content (AvgIpc) is 2.26. The molecule has 0 radical (unpaired) electrons. The second-order valence-electron chi connectivity index (χ2n) is 4.35. The summed E-state index contributed by atoms with van der Waals surface area (Å²) in [6.45, 7) is 3.59. The third kappa shape index (κ3) is 3.23. The molecule has 0 amide bonds. The van der Waals surface area contributed by atoms with Crippen molar-refractivity contribution in [3.05, 3.63) is 47.7 Å². The van der Waals surface area contributed by atoms with Gasteiger partial charge >= 0.3 is 0 Å². The van der Waals surface area contributed by atoms with E-state index in [1.807, 2.05) is 0 Å². The molecule has 1 heterocycles. The molecule has 0 fully saturated rings. The summed E-state index contributed by atoms with van der Waals surface area (Å²) in [6.07, 6.45) is 0. The zero-order chi connectivity index (χ0) is 14.0. The summed E-state index contributed by atoms with van der Waals surface area (Å²) in [5.41, 5.74) is 7.61. The molecule has 0 aliphatic carbocycles. The molecule has 100 valence electrons. The van der Waals surface area contributed by atoms with Crippen LogP contribution in [0.5, 0.6) is 0 Å². The molecule has 2 aromatic rings. The second kappa shape index (κ2) is 4.89. The van der Waals surface area contributed by atoms with E-state index in [0.717, 1.165) is 11.3 Å². The molecule has 0 saturated carbocycles. The Kier molecular flexibility index (Phi) is 3.44. The van der Waals surface area contributed by atoms with E-state index in [2.05, 4.69) is 9.71 Å². The maximum absolute atomic E-state index is 12.2. The van der Waals surface area contributed by atoms with Crippen LogP contribution in [0.4, 0.5) is 11.5 Å². The molecule has 2 rings (SSSR count). The summed E-state index contributed by atoms with van der Waals surface area (Å²) >= 11 is 0. The molecule has 0 aliphatic rings. The Balaban J connectivity index is 2.37. The summed E-state index contributed by atoms with van der Waals surface area (Å²) in [5.74, 6) is 0.292. The monoisotopic (exact) mass is 277 g/mol. The fourth-order valence-corrected chi connectivity index (χ4v) is 2.87. The van der Waals surface area contributed by atoms with Crippen LogP contribution in [0.15, 0.2) is 41.3 Å². The summed E-state index contributed by atoms with van der Waals surface area (Å²) < 4.78 is 26.9. The Morgan fingerprint density at radius 2 is 1.89 bits per heavy atom. The van der Waals surface area contributed by atoms with Crippen molar-refractivity contribution in [2.75, 3.05) is 10.5 Å². The van der Waals surface area contributed by atoms with Crippen molar-refractivity contribution in [2.45, 2.75) is 18.7 Å². The minimum absolute atomic E-state index is 0.133. The Bertz CT molecular complexity index is 691. The molecule has 19 heavy (non-hydrogen) atoms. The van der Waals surface area contributed by atoms with Crippen molar-refractivity contribution in [2.24, 2.45) is 0 Å². The molecule has 1 aromatic heterocycles. The third-order valence-electron chi connectivity index (χ3n) is 2.51. The topological polar surface area (TPSA) is 85.1 Å². The van der Waals surface area contributed by atoms with E-state index in [0.29, 0.717) is 11.5 Å². The number of rotatable bonds is 3. The van der Waals surface area contributed by atoms with Crippen molar-refractivity contribution in [3.63, 3.8) is 0 Å².